The summed E-state index contributed by atoms with van der Waals surface area (Å²) in [7, 11) is 1.05. The molecule has 0 spiro atoms. The minimum atomic E-state index is -4.67. The summed E-state index contributed by atoms with van der Waals surface area (Å²) in [5.41, 5.74) is -2.13. The number of aromatic nitrogens is 4. The first kappa shape index (κ1) is 15.4. The molecule has 0 amide bonds. The van der Waals surface area contributed by atoms with Crippen LogP contribution >= 0.6 is 11.6 Å². The number of rotatable bonds is 2. The molecule has 0 N–H and O–H groups in total. The van der Waals surface area contributed by atoms with E-state index >= 15 is 0 Å². The molecular formula is C10H6ClF5N4O. The van der Waals surface area contributed by atoms with E-state index in [1.165, 1.54) is 0 Å². The van der Waals surface area contributed by atoms with E-state index in [2.05, 4.69) is 10.1 Å². The van der Waals surface area contributed by atoms with Crippen LogP contribution in [0.4, 0.5) is 22.0 Å². The van der Waals surface area contributed by atoms with E-state index in [1.807, 2.05) is 0 Å². The number of halogens is 6. The van der Waals surface area contributed by atoms with Gasteiger partial charge in [-0.3, -0.25) is 4.57 Å². The fourth-order valence-electron chi connectivity index (χ4n) is 1.52. The normalized spacial score (nSPS) is 12.2. The van der Waals surface area contributed by atoms with Crippen molar-refractivity contribution in [3.05, 3.63) is 39.2 Å². The molecule has 2 heterocycles. The lowest BCUT2D eigenvalue weighted by Gasteiger charge is -2.08. The summed E-state index contributed by atoms with van der Waals surface area (Å²) in [5.74, 6) is -1.31. The molecule has 114 valence electrons. The van der Waals surface area contributed by atoms with Gasteiger partial charge in [0.2, 0.25) is 5.82 Å². The molecule has 0 bridgehead atoms. The summed E-state index contributed by atoms with van der Waals surface area (Å²) in [6.07, 6.45) is -7.26. The summed E-state index contributed by atoms with van der Waals surface area (Å²) < 4.78 is 63.6. The molecule has 0 atom stereocenters. The van der Waals surface area contributed by atoms with Crippen LogP contribution in [0.1, 0.15) is 17.8 Å². The van der Waals surface area contributed by atoms with Crippen molar-refractivity contribution in [3.63, 3.8) is 0 Å². The van der Waals surface area contributed by atoms with Gasteiger partial charge in [0.15, 0.2) is 5.82 Å². The van der Waals surface area contributed by atoms with E-state index in [9.17, 15) is 26.7 Å². The summed E-state index contributed by atoms with van der Waals surface area (Å²) >= 11 is 5.62. The lowest BCUT2D eigenvalue weighted by molar-refractivity contribution is -0.137. The minimum Gasteiger partial charge on any atom is -0.277 e. The second-order valence-electron chi connectivity index (χ2n) is 3.94. The van der Waals surface area contributed by atoms with E-state index in [-0.39, 0.29) is 0 Å². The van der Waals surface area contributed by atoms with Gasteiger partial charge in [0, 0.05) is 13.2 Å². The monoisotopic (exact) mass is 328 g/mol. The molecule has 2 aromatic heterocycles. The maximum absolute atomic E-state index is 12.6. The first-order valence-electron chi connectivity index (χ1n) is 5.30. The van der Waals surface area contributed by atoms with Gasteiger partial charge in [-0.15, -0.1) is 5.10 Å². The quantitative estimate of drug-likeness (QED) is 0.796. The lowest BCUT2D eigenvalue weighted by atomic mass is 10.3. The van der Waals surface area contributed by atoms with Gasteiger partial charge in [0.05, 0.1) is 10.6 Å². The van der Waals surface area contributed by atoms with Crippen molar-refractivity contribution in [1.29, 1.82) is 0 Å². The molecule has 21 heavy (non-hydrogen) atoms. The van der Waals surface area contributed by atoms with Crippen LogP contribution in [-0.4, -0.2) is 19.3 Å². The first-order valence-corrected chi connectivity index (χ1v) is 5.68. The Morgan fingerprint density at radius 1 is 1.33 bits per heavy atom. The highest BCUT2D eigenvalue weighted by atomic mass is 35.5. The number of pyridine rings is 1. The molecule has 2 aromatic rings. The average molecular weight is 329 g/mol. The zero-order valence-corrected chi connectivity index (χ0v) is 11.0. The van der Waals surface area contributed by atoms with Crippen LogP contribution in [0.15, 0.2) is 17.1 Å². The minimum absolute atomic E-state index is 0.421. The molecule has 2 rings (SSSR count). The Kier molecular flexibility index (Phi) is 3.74. The van der Waals surface area contributed by atoms with Gasteiger partial charge < -0.3 is 0 Å². The highest BCUT2D eigenvalue weighted by Gasteiger charge is 2.32. The van der Waals surface area contributed by atoms with E-state index in [0.29, 0.717) is 21.5 Å². The molecule has 0 aliphatic heterocycles. The van der Waals surface area contributed by atoms with Crippen molar-refractivity contribution in [2.75, 3.05) is 0 Å². The Morgan fingerprint density at radius 3 is 2.38 bits per heavy atom. The fraction of sp³-hybridized carbons (Fsp3) is 0.300. The molecule has 0 aliphatic rings. The van der Waals surface area contributed by atoms with Gasteiger partial charge in [0.25, 0.3) is 6.43 Å². The number of alkyl halides is 5. The standard InChI is InChI=1S/C10H6ClF5N4O/c1-19-8(6(12)13)18-20(9(19)21)7-5(11)2-4(3-17-7)10(14,15)16/h2-3,6H,1H3. The Morgan fingerprint density at radius 2 is 1.95 bits per heavy atom. The predicted molar refractivity (Wildman–Crippen MR) is 61.6 cm³/mol. The molecule has 0 aliphatic carbocycles. The Bertz CT molecular complexity index is 736. The number of hydrogen-bond donors (Lipinski definition) is 0. The molecule has 0 saturated carbocycles. The summed E-state index contributed by atoms with van der Waals surface area (Å²) in [5, 5.41) is 2.78. The van der Waals surface area contributed by atoms with Crippen molar-refractivity contribution in [2.45, 2.75) is 12.6 Å². The van der Waals surface area contributed by atoms with Crippen molar-refractivity contribution in [2.24, 2.45) is 7.05 Å². The molecule has 11 heteroatoms. The molecule has 0 fully saturated rings. The van der Waals surface area contributed by atoms with Crippen LogP contribution in [0.25, 0.3) is 5.82 Å². The van der Waals surface area contributed by atoms with Gasteiger partial charge in [-0.25, -0.2) is 18.6 Å². The lowest BCUT2D eigenvalue weighted by Crippen LogP contribution is -2.23. The SMILES string of the molecule is Cn1c(C(F)F)nn(-c2ncc(C(F)(F)F)cc2Cl)c1=O. The van der Waals surface area contributed by atoms with E-state index in [1.54, 1.807) is 0 Å². The first-order chi connectivity index (χ1) is 9.62. The van der Waals surface area contributed by atoms with Crippen molar-refractivity contribution in [3.8, 4) is 5.82 Å². The fourth-order valence-corrected chi connectivity index (χ4v) is 1.77. The second kappa shape index (κ2) is 5.10. The summed E-state index contributed by atoms with van der Waals surface area (Å²) in [4.78, 5) is 15.1. The van der Waals surface area contributed by atoms with Crippen molar-refractivity contribution in [1.82, 2.24) is 19.3 Å². The van der Waals surface area contributed by atoms with Crippen LogP contribution in [0.2, 0.25) is 5.02 Å². The van der Waals surface area contributed by atoms with Gasteiger partial charge in [-0.1, -0.05) is 11.6 Å². The smallest absolute Gasteiger partial charge is 0.277 e. The van der Waals surface area contributed by atoms with Crippen molar-refractivity contribution < 1.29 is 22.0 Å². The van der Waals surface area contributed by atoms with Gasteiger partial charge in [-0.2, -0.15) is 17.9 Å². The highest BCUT2D eigenvalue weighted by Crippen LogP contribution is 2.31. The third-order valence-electron chi connectivity index (χ3n) is 2.56. The Balaban J connectivity index is 2.59. The molecule has 0 aromatic carbocycles. The van der Waals surface area contributed by atoms with E-state index in [4.69, 9.17) is 11.6 Å². The predicted octanol–water partition coefficient (Wildman–Crippen LogP) is 2.58. The highest BCUT2D eigenvalue weighted by molar-refractivity contribution is 6.32. The van der Waals surface area contributed by atoms with Gasteiger partial charge in [0.1, 0.15) is 0 Å². The van der Waals surface area contributed by atoms with Crippen LogP contribution in [-0.2, 0) is 13.2 Å². The summed E-state index contributed by atoms with van der Waals surface area (Å²) in [6.45, 7) is 0. The third-order valence-corrected chi connectivity index (χ3v) is 2.84. The maximum Gasteiger partial charge on any atom is 0.417 e. The number of nitrogens with zero attached hydrogens (tertiary/aromatic N) is 4. The largest absolute Gasteiger partial charge is 0.417 e. The van der Waals surface area contributed by atoms with Gasteiger partial charge >= 0.3 is 11.9 Å². The van der Waals surface area contributed by atoms with Crippen LogP contribution in [0.5, 0.6) is 0 Å². The maximum atomic E-state index is 12.6. The molecule has 0 radical (unpaired) electrons. The van der Waals surface area contributed by atoms with Crippen LogP contribution < -0.4 is 5.69 Å². The summed E-state index contributed by atoms with van der Waals surface area (Å²) in [6, 6.07) is 0.535. The number of hydrogen-bond acceptors (Lipinski definition) is 3. The molecule has 0 unspecified atom stereocenters. The zero-order chi connectivity index (χ0) is 15.9. The second-order valence-corrected chi connectivity index (χ2v) is 4.35. The van der Waals surface area contributed by atoms with Crippen LogP contribution in [0, 0.1) is 0 Å². The average Bonchev–Trinajstić information content (AvgIpc) is 2.65. The molecule has 5 nitrogen and oxygen atoms in total. The van der Waals surface area contributed by atoms with Gasteiger partial charge in [-0.05, 0) is 6.07 Å². The Labute approximate surface area is 118 Å². The van der Waals surface area contributed by atoms with E-state index < -0.39 is 40.5 Å². The third kappa shape index (κ3) is 2.75. The molecule has 0 saturated heterocycles. The van der Waals surface area contributed by atoms with E-state index in [0.717, 1.165) is 7.05 Å². The molecular weight excluding hydrogens is 323 g/mol. The Hall–Kier alpha value is -1.97. The van der Waals surface area contributed by atoms with Crippen molar-refractivity contribution >= 4 is 11.6 Å². The van der Waals surface area contributed by atoms with Crippen LogP contribution in [0.3, 0.4) is 0 Å². The zero-order valence-electron chi connectivity index (χ0n) is 10.2. The topological polar surface area (TPSA) is 52.7 Å².